The van der Waals surface area contributed by atoms with E-state index in [1.165, 1.54) is 0 Å². The Morgan fingerprint density at radius 2 is 1.71 bits per heavy atom. The molecule has 0 fully saturated rings. The summed E-state index contributed by atoms with van der Waals surface area (Å²) in [4.78, 5) is 0. The zero-order valence-electron chi connectivity index (χ0n) is 11.8. The molecule has 112 valence electrons. The molecule has 0 atom stereocenters. The lowest BCUT2D eigenvalue weighted by atomic mass is 10.2. The zero-order valence-corrected chi connectivity index (χ0v) is 14.1. The third kappa shape index (κ3) is 4.79. The molecule has 0 unspecified atom stereocenters. The molecule has 0 bridgehead atoms. The molecule has 2 rings (SSSR count). The molecule has 21 heavy (non-hydrogen) atoms. The van der Waals surface area contributed by atoms with Crippen molar-refractivity contribution in [3.8, 4) is 11.5 Å². The summed E-state index contributed by atoms with van der Waals surface area (Å²) >= 11 is 18.2. The van der Waals surface area contributed by atoms with E-state index in [0.717, 1.165) is 5.56 Å². The molecule has 0 heterocycles. The van der Waals surface area contributed by atoms with Crippen LogP contribution in [0.2, 0.25) is 15.1 Å². The van der Waals surface area contributed by atoms with E-state index >= 15 is 0 Å². The topological polar surface area (TPSA) is 21.3 Å². The van der Waals surface area contributed by atoms with Crippen LogP contribution in [0.4, 0.5) is 0 Å². The van der Waals surface area contributed by atoms with E-state index in [1.54, 1.807) is 24.3 Å². The summed E-state index contributed by atoms with van der Waals surface area (Å²) in [5.74, 6) is 1.18. The molecule has 0 saturated carbocycles. The van der Waals surface area contributed by atoms with E-state index in [9.17, 15) is 0 Å². The molecule has 0 aliphatic heterocycles. The minimum Gasteiger partial charge on any atom is -0.455 e. The number of halogens is 3. The maximum absolute atomic E-state index is 6.26. The summed E-state index contributed by atoms with van der Waals surface area (Å²) in [5, 5.41) is 4.94. The first-order chi connectivity index (χ1) is 9.95. The van der Waals surface area contributed by atoms with Gasteiger partial charge in [-0.05, 0) is 24.3 Å². The Morgan fingerprint density at radius 3 is 2.33 bits per heavy atom. The predicted octanol–water partition coefficient (Wildman–Crippen LogP) is 5.94. The first-order valence-electron chi connectivity index (χ1n) is 6.60. The molecule has 1 N–H and O–H groups in total. The standard InChI is InChI=1S/C16H16Cl3NO/c1-10(2)20-9-11-4-3-5-15(19)16(11)21-14-7-12(17)6-13(18)8-14/h3-8,10,20H,9H2,1-2H3. The highest BCUT2D eigenvalue weighted by Gasteiger charge is 2.11. The molecule has 0 aliphatic rings. The minimum atomic E-state index is 0.373. The quantitative estimate of drug-likeness (QED) is 0.725. The normalized spacial score (nSPS) is 11.0. The number of hydrogen-bond acceptors (Lipinski definition) is 2. The Labute approximate surface area is 140 Å². The van der Waals surface area contributed by atoms with E-state index < -0.39 is 0 Å². The van der Waals surface area contributed by atoms with Crippen molar-refractivity contribution >= 4 is 34.8 Å². The Morgan fingerprint density at radius 1 is 1.05 bits per heavy atom. The summed E-state index contributed by atoms with van der Waals surface area (Å²) < 4.78 is 5.89. The fraction of sp³-hybridized carbons (Fsp3) is 0.250. The van der Waals surface area contributed by atoms with Gasteiger partial charge in [-0.1, -0.05) is 60.8 Å². The molecule has 0 saturated heterocycles. The Balaban J connectivity index is 2.29. The van der Waals surface area contributed by atoms with Crippen molar-refractivity contribution in [1.29, 1.82) is 0 Å². The lowest BCUT2D eigenvalue weighted by Crippen LogP contribution is -2.22. The van der Waals surface area contributed by atoms with Crippen LogP contribution in [0.3, 0.4) is 0 Å². The van der Waals surface area contributed by atoms with Crippen LogP contribution in [0.25, 0.3) is 0 Å². The second-order valence-corrected chi connectivity index (χ2v) is 6.25. The fourth-order valence-electron chi connectivity index (χ4n) is 1.83. The predicted molar refractivity (Wildman–Crippen MR) is 90.0 cm³/mol. The van der Waals surface area contributed by atoms with Gasteiger partial charge in [-0.25, -0.2) is 0 Å². The van der Waals surface area contributed by atoms with Crippen LogP contribution in [-0.2, 0) is 6.54 Å². The highest BCUT2D eigenvalue weighted by molar-refractivity contribution is 6.34. The van der Waals surface area contributed by atoms with Crippen molar-refractivity contribution in [2.75, 3.05) is 0 Å². The van der Waals surface area contributed by atoms with Crippen LogP contribution < -0.4 is 10.1 Å². The number of ether oxygens (including phenoxy) is 1. The molecular formula is C16H16Cl3NO. The molecule has 2 nitrogen and oxygen atoms in total. The van der Waals surface area contributed by atoms with Crippen LogP contribution in [0, 0.1) is 0 Å². The summed E-state index contributed by atoms with van der Waals surface area (Å²) in [5.41, 5.74) is 0.979. The maximum atomic E-state index is 6.26. The molecule has 0 spiro atoms. The third-order valence-corrected chi connectivity index (χ3v) is 3.54. The van der Waals surface area contributed by atoms with Gasteiger partial charge in [-0.2, -0.15) is 0 Å². The molecule has 0 aromatic heterocycles. The lowest BCUT2D eigenvalue weighted by molar-refractivity contribution is 0.470. The number of hydrogen-bond donors (Lipinski definition) is 1. The maximum Gasteiger partial charge on any atom is 0.150 e. The van der Waals surface area contributed by atoms with Crippen LogP contribution in [0.1, 0.15) is 19.4 Å². The number of nitrogens with one attached hydrogen (secondary N) is 1. The van der Waals surface area contributed by atoms with Crippen molar-refractivity contribution in [1.82, 2.24) is 5.32 Å². The van der Waals surface area contributed by atoms with Crippen molar-refractivity contribution in [2.24, 2.45) is 0 Å². The summed E-state index contributed by atoms with van der Waals surface area (Å²) in [6.45, 7) is 4.84. The van der Waals surface area contributed by atoms with Crippen molar-refractivity contribution < 1.29 is 4.74 Å². The third-order valence-electron chi connectivity index (χ3n) is 2.81. The van der Waals surface area contributed by atoms with Gasteiger partial charge < -0.3 is 10.1 Å². The van der Waals surface area contributed by atoms with Gasteiger partial charge in [0.05, 0.1) is 5.02 Å². The SMILES string of the molecule is CC(C)NCc1cccc(Cl)c1Oc1cc(Cl)cc(Cl)c1. The van der Waals surface area contributed by atoms with E-state index in [2.05, 4.69) is 19.2 Å². The first-order valence-corrected chi connectivity index (χ1v) is 7.74. The molecule has 0 aliphatic carbocycles. The molecule has 2 aromatic rings. The first kappa shape index (κ1) is 16.4. The van der Waals surface area contributed by atoms with Crippen LogP contribution in [0.15, 0.2) is 36.4 Å². The van der Waals surface area contributed by atoms with Crippen molar-refractivity contribution in [2.45, 2.75) is 26.4 Å². The monoisotopic (exact) mass is 343 g/mol. The second kappa shape index (κ2) is 7.37. The van der Waals surface area contributed by atoms with Gasteiger partial charge in [0.2, 0.25) is 0 Å². The molecule has 2 aromatic carbocycles. The summed E-state index contributed by atoms with van der Waals surface area (Å²) in [6.07, 6.45) is 0. The highest BCUT2D eigenvalue weighted by Crippen LogP contribution is 2.35. The van der Waals surface area contributed by atoms with E-state index in [-0.39, 0.29) is 0 Å². The van der Waals surface area contributed by atoms with Crippen molar-refractivity contribution in [3.05, 3.63) is 57.0 Å². The average Bonchev–Trinajstić information content (AvgIpc) is 2.38. The van der Waals surface area contributed by atoms with E-state index in [4.69, 9.17) is 39.5 Å². The van der Waals surface area contributed by atoms with Crippen molar-refractivity contribution in [3.63, 3.8) is 0 Å². The second-order valence-electron chi connectivity index (χ2n) is 4.97. The van der Waals surface area contributed by atoms with E-state index in [1.807, 2.05) is 12.1 Å². The smallest absolute Gasteiger partial charge is 0.150 e. The van der Waals surface area contributed by atoms with Gasteiger partial charge in [0.15, 0.2) is 0 Å². The highest BCUT2D eigenvalue weighted by atomic mass is 35.5. The molecule has 5 heteroatoms. The summed E-state index contributed by atoms with van der Waals surface area (Å²) in [7, 11) is 0. The summed E-state index contributed by atoms with van der Waals surface area (Å²) in [6, 6.07) is 11.1. The molecular weight excluding hydrogens is 329 g/mol. The zero-order chi connectivity index (χ0) is 15.4. The average molecular weight is 345 g/mol. The van der Waals surface area contributed by atoms with Gasteiger partial charge in [0.25, 0.3) is 0 Å². The van der Waals surface area contributed by atoms with Gasteiger partial charge >= 0.3 is 0 Å². The van der Waals surface area contributed by atoms with Gasteiger partial charge in [-0.15, -0.1) is 0 Å². The number of benzene rings is 2. The number of rotatable bonds is 5. The van der Waals surface area contributed by atoms with Gasteiger partial charge in [0, 0.05) is 28.2 Å². The Kier molecular flexibility index (Phi) is 5.77. The largest absolute Gasteiger partial charge is 0.455 e. The Hall–Kier alpha value is -0.930. The van der Waals surface area contributed by atoms with Gasteiger partial charge in [-0.3, -0.25) is 0 Å². The number of para-hydroxylation sites is 1. The fourth-order valence-corrected chi connectivity index (χ4v) is 2.57. The minimum absolute atomic E-state index is 0.373. The van der Waals surface area contributed by atoms with Crippen LogP contribution in [-0.4, -0.2) is 6.04 Å². The van der Waals surface area contributed by atoms with Crippen LogP contribution in [0.5, 0.6) is 11.5 Å². The van der Waals surface area contributed by atoms with E-state index in [0.29, 0.717) is 39.2 Å². The Bertz CT molecular complexity index is 609. The molecule has 0 amide bonds. The lowest BCUT2D eigenvalue weighted by Gasteiger charge is -2.15. The molecule has 0 radical (unpaired) electrons. The van der Waals surface area contributed by atoms with Crippen LogP contribution >= 0.6 is 34.8 Å². The van der Waals surface area contributed by atoms with Gasteiger partial charge in [0.1, 0.15) is 11.5 Å².